The minimum atomic E-state index is -2.95. The third-order valence-electron chi connectivity index (χ3n) is 4.02. The fraction of sp³-hybridized carbons (Fsp3) is 0.300. The second kappa shape index (κ2) is 10.6. The van der Waals surface area contributed by atoms with E-state index in [4.69, 9.17) is 16.3 Å². The molecule has 2 rings (SSSR count). The zero-order chi connectivity index (χ0) is 21.4. The summed E-state index contributed by atoms with van der Waals surface area (Å²) < 4.78 is 34.1. The van der Waals surface area contributed by atoms with Gasteiger partial charge in [-0.05, 0) is 43.2 Å². The number of nitrogens with one attached hydrogen (secondary N) is 2. The van der Waals surface area contributed by atoms with Crippen LogP contribution < -0.4 is 20.1 Å². The van der Waals surface area contributed by atoms with Crippen molar-refractivity contribution in [3.63, 3.8) is 0 Å². The van der Waals surface area contributed by atoms with Gasteiger partial charge < -0.3 is 20.1 Å². The van der Waals surface area contributed by atoms with Crippen molar-refractivity contribution in [2.24, 2.45) is 0 Å². The Hall–Kier alpha value is -2.87. The summed E-state index contributed by atoms with van der Waals surface area (Å²) in [6.07, 6.45) is 0.433. The van der Waals surface area contributed by atoms with Crippen molar-refractivity contribution in [2.45, 2.75) is 26.0 Å². The van der Waals surface area contributed by atoms with Crippen molar-refractivity contribution in [1.82, 2.24) is 10.6 Å². The normalized spacial score (nSPS) is 11.7. The standard InChI is InChI=1S/C20H21ClF2N2O4/c1-12(25-19(27)14-5-3-4-6-15(14)21)18(26)24-10-9-13-7-8-16(29-20(22)23)17(11-13)28-2/h3-8,11-12,20H,9-10H2,1-2H3,(H,24,26)(H,25,27)/t12-/m1/s1. The van der Waals surface area contributed by atoms with Crippen LogP contribution >= 0.6 is 11.6 Å². The summed E-state index contributed by atoms with van der Waals surface area (Å²) in [5.41, 5.74) is 1.04. The van der Waals surface area contributed by atoms with E-state index in [0.717, 1.165) is 5.56 Å². The molecule has 0 aliphatic rings. The van der Waals surface area contributed by atoms with Gasteiger partial charge in [0, 0.05) is 6.54 Å². The third-order valence-corrected chi connectivity index (χ3v) is 4.35. The van der Waals surface area contributed by atoms with Crippen molar-refractivity contribution in [2.75, 3.05) is 13.7 Å². The second-order valence-corrected chi connectivity index (χ2v) is 6.49. The smallest absolute Gasteiger partial charge is 0.387 e. The van der Waals surface area contributed by atoms with E-state index >= 15 is 0 Å². The molecule has 0 saturated heterocycles. The Morgan fingerprint density at radius 1 is 1.14 bits per heavy atom. The number of rotatable bonds is 9. The molecule has 9 heteroatoms. The molecule has 2 amide bonds. The topological polar surface area (TPSA) is 76.7 Å². The Kier molecular flexibility index (Phi) is 8.21. The first-order valence-electron chi connectivity index (χ1n) is 8.76. The van der Waals surface area contributed by atoms with Gasteiger partial charge in [0.05, 0.1) is 17.7 Å². The molecule has 2 aromatic rings. The molecule has 2 N–H and O–H groups in total. The minimum absolute atomic E-state index is 0.0637. The lowest BCUT2D eigenvalue weighted by Gasteiger charge is -2.15. The lowest BCUT2D eigenvalue weighted by Crippen LogP contribution is -2.45. The van der Waals surface area contributed by atoms with E-state index in [2.05, 4.69) is 15.4 Å². The fourth-order valence-electron chi connectivity index (χ4n) is 2.53. The van der Waals surface area contributed by atoms with Crippen LogP contribution in [0.5, 0.6) is 11.5 Å². The molecule has 0 saturated carbocycles. The van der Waals surface area contributed by atoms with Gasteiger partial charge in [-0.3, -0.25) is 9.59 Å². The Bertz CT molecular complexity index is 864. The maximum absolute atomic E-state index is 12.4. The van der Waals surface area contributed by atoms with E-state index in [9.17, 15) is 18.4 Å². The van der Waals surface area contributed by atoms with Crippen LogP contribution in [-0.2, 0) is 11.2 Å². The van der Waals surface area contributed by atoms with E-state index in [1.807, 2.05) is 0 Å². The molecule has 0 aliphatic heterocycles. The molecule has 0 aromatic heterocycles. The average molecular weight is 427 g/mol. The number of carbonyl (C=O) groups excluding carboxylic acids is 2. The highest BCUT2D eigenvalue weighted by atomic mass is 35.5. The van der Waals surface area contributed by atoms with E-state index in [1.54, 1.807) is 43.3 Å². The molecule has 0 fully saturated rings. The Morgan fingerprint density at radius 3 is 2.52 bits per heavy atom. The van der Waals surface area contributed by atoms with E-state index in [-0.39, 0.29) is 29.5 Å². The van der Waals surface area contributed by atoms with Gasteiger partial charge in [0.2, 0.25) is 5.91 Å². The quantitative estimate of drug-likeness (QED) is 0.644. The molecule has 6 nitrogen and oxygen atoms in total. The number of alkyl halides is 2. The van der Waals surface area contributed by atoms with Gasteiger partial charge in [-0.25, -0.2) is 0 Å². The summed E-state index contributed by atoms with van der Waals surface area (Å²) in [4.78, 5) is 24.4. The number of amides is 2. The summed E-state index contributed by atoms with van der Waals surface area (Å²) in [6.45, 7) is -1.11. The highest BCUT2D eigenvalue weighted by molar-refractivity contribution is 6.33. The van der Waals surface area contributed by atoms with Crippen LogP contribution in [0.1, 0.15) is 22.8 Å². The van der Waals surface area contributed by atoms with Crippen molar-refractivity contribution >= 4 is 23.4 Å². The van der Waals surface area contributed by atoms with Gasteiger partial charge in [-0.1, -0.05) is 29.8 Å². The van der Waals surface area contributed by atoms with E-state index in [1.165, 1.54) is 13.2 Å². The average Bonchev–Trinajstić information content (AvgIpc) is 2.68. The Balaban J connectivity index is 1.86. The molecule has 0 radical (unpaired) electrons. The molecule has 0 heterocycles. The number of halogens is 3. The third kappa shape index (κ3) is 6.60. The monoisotopic (exact) mass is 426 g/mol. The van der Waals surface area contributed by atoms with Gasteiger partial charge >= 0.3 is 6.61 Å². The van der Waals surface area contributed by atoms with Gasteiger partial charge in [-0.15, -0.1) is 0 Å². The summed E-state index contributed by atoms with van der Waals surface area (Å²) in [7, 11) is 1.35. The lowest BCUT2D eigenvalue weighted by molar-refractivity contribution is -0.122. The molecule has 2 aromatic carbocycles. The van der Waals surface area contributed by atoms with Gasteiger partial charge in [0.15, 0.2) is 11.5 Å². The van der Waals surface area contributed by atoms with Crippen LogP contribution in [0, 0.1) is 0 Å². The number of benzene rings is 2. The van der Waals surface area contributed by atoms with Gasteiger partial charge in [0.25, 0.3) is 5.91 Å². The molecule has 0 spiro atoms. The SMILES string of the molecule is COc1cc(CCNC(=O)[C@@H](C)NC(=O)c2ccccc2Cl)ccc1OC(F)F. The zero-order valence-corrected chi connectivity index (χ0v) is 16.6. The molecule has 0 bridgehead atoms. The maximum Gasteiger partial charge on any atom is 0.387 e. The predicted molar refractivity (Wildman–Crippen MR) is 105 cm³/mol. The summed E-state index contributed by atoms with van der Waals surface area (Å²) in [5.74, 6) is -0.701. The fourth-order valence-corrected chi connectivity index (χ4v) is 2.75. The first-order chi connectivity index (χ1) is 13.8. The summed E-state index contributed by atoms with van der Waals surface area (Å²) in [6, 6.07) is 10.3. The number of ether oxygens (including phenoxy) is 2. The minimum Gasteiger partial charge on any atom is -0.493 e. The van der Waals surface area contributed by atoms with Crippen molar-refractivity contribution < 1.29 is 27.8 Å². The predicted octanol–water partition coefficient (Wildman–Crippen LogP) is 3.43. The highest BCUT2D eigenvalue weighted by Gasteiger charge is 2.18. The van der Waals surface area contributed by atoms with Crippen molar-refractivity contribution in [3.8, 4) is 11.5 Å². The molecule has 0 unspecified atom stereocenters. The van der Waals surface area contributed by atoms with E-state index in [0.29, 0.717) is 11.4 Å². The summed E-state index contributed by atoms with van der Waals surface area (Å²) >= 11 is 5.98. The number of hydrogen-bond donors (Lipinski definition) is 2. The summed E-state index contributed by atoms with van der Waals surface area (Å²) in [5, 5.41) is 5.59. The number of hydrogen-bond acceptors (Lipinski definition) is 4. The van der Waals surface area contributed by atoms with Crippen LogP contribution in [0.15, 0.2) is 42.5 Å². The molecule has 0 aliphatic carbocycles. The van der Waals surface area contributed by atoms with Gasteiger partial charge in [0.1, 0.15) is 6.04 Å². The number of carbonyl (C=O) groups is 2. The van der Waals surface area contributed by atoms with E-state index < -0.39 is 18.6 Å². The lowest BCUT2D eigenvalue weighted by atomic mass is 10.1. The first-order valence-corrected chi connectivity index (χ1v) is 9.14. The second-order valence-electron chi connectivity index (χ2n) is 6.08. The van der Waals surface area contributed by atoms with Crippen LogP contribution in [0.25, 0.3) is 0 Å². The van der Waals surface area contributed by atoms with Crippen LogP contribution in [-0.4, -0.2) is 38.1 Å². The molecule has 29 heavy (non-hydrogen) atoms. The Labute approximate surface area is 172 Å². The van der Waals surface area contributed by atoms with Crippen LogP contribution in [0.3, 0.4) is 0 Å². The molecule has 156 valence electrons. The maximum atomic E-state index is 12.4. The van der Waals surface area contributed by atoms with Crippen molar-refractivity contribution in [3.05, 3.63) is 58.6 Å². The zero-order valence-electron chi connectivity index (χ0n) is 15.9. The molecule has 1 atom stereocenters. The Morgan fingerprint density at radius 2 is 1.86 bits per heavy atom. The van der Waals surface area contributed by atoms with Crippen LogP contribution in [0.2, 0.25) is 5.02 Å². The molecular formula is C20H21ClF2N2O4. The highest BCUT2D eigenvalue weighted by Crippen LogP contribution is 2.29. The first kappa shape index (κ1) is 22.4. The van der Waals surface area contributed by atoms with Crippen LogP contribution in [0.4, 0.5) is 8.78 Å². The largest absolute Gasteiger partial charge is 0.493 e. The van der Waals surface area contributed by atoms with Gasteiger partial charge in [-0.2, -0.15) is 8.78 Å². The number of methoxy groups -OCH3 is 1. The molecular weight excluding hydrogens is 406 g/mol. The van der Waals surface area contributed by atoms with Crippen molar-refractivity contribution in [1.29, 1.82) is 0 Å².